The minimum atomic E-state index is 0.511. The molecule has 3 aromatic rings. The molecule has 0 spiro atoms. The van der Waals surface area contributed by atoms with Crippen molar-refractivity contribution in [3.8, 4) is 5.75 Å². The van der Waals surface area contributed by atoms with E-state index >= 15 is 0 Å². The van der Waals surface area contributed by atoms with E-state index in [0.29, 0.717) is 17.0 Å². The van der Waals surface area contributed by atoms with E-state index in [0.717, 1.165) is 22.5 Å². The normalized spacial score (nSPS) is 10.7. The number of anilines is 1. The molecular weight excluding hydrogens is 322 g/mol. The molecule has 0 atom stereocenters. The number of hydrogen-bond donors (Lipinski definition) is 1. The molecule has 0 unspecified atom stereocenters. The number of methoxy groups -OCH3 is 1. The summed E-state index contributed by atoms with van der Waals surface area (Å²) in [6.45, 7) is 0.558. The summed E-state index contributed by atoms with van der Waals surface area (Å²) in [5.74, 6) is 2.29. The van der Waals surface area contributed by atoms with E-state index in [-0.39, 0.29) is 0 Å². The molecule has 1 aromatic carbocycles. The fourth-order valence-electron chi connectivity index (χ4n) is 1.98. The first-order valence-electron chi connectivity index (χ1n) is 6.04. The van der Waals surface area contributed by atoms with E-state index in [2.05, 4.69) is 31.2 Å². The predicted octanol–water partition coefficient (Wildman–Crippen LogP) is 3.61. The summed E-state index contributed by atoms with van der Waals surface area (Å²) < 4.78 is 11.1. The largest absolute Gasteiger partial charge is 0.494 e. The molecule has 0 saturated carbocycles. The Bertz CT molecular complexity index is 729. The third-order valence-electron chi connectivity index (χ3n) is 2.89. The molecule has 6 heteroatoms. The highest BCUT2D eigenvalue weighted by Crippen LogP contribution is 2.29. The van der Waals surface area contributed by atoms with Gasteiger partial charge in [-0.25, -0.2) is 9.97 Å². The maximum absolute atomic E-state index is 5.33. The van der Waals surface area contributed by atoms with Gasteiger partial charge in [0.25, 0.3) is 0 Å². The highest BCUT2D eigenvalue weighted by molar-refractivity contribution is 9.10. The van der Waals surface area contributed by atoms with Gasteiger partial charge in [0.15, 0.2) is 4.73 Å². The zero-order valence-corrected chi connectivity index (χ0v) is 12.3. The lowest BCUT2D eigenvalue weighted by molar-refractivity contribution is 0.419. The van der Waals surface area contributed by atoms with Gasteiger partial charge in [-0.15, -0.1) is 0 Å². The molecule has 0 fully saturated rings. The molecule has 20 heavy (non-hydrogen) atoms. The summed E-state index contributed by atoms with van der Waals surface area (Å²) in [6.07, 6.45) is 1.65. The van der Waals surface area contributed by atoms with Crippen LogP contribution in [0.4, 0.5) is 5.82 Å². The molecule has 1 N–H and O–H groups in total. The molecule has 102 valence electrons. The van der Waals surface area contributed by atoms with Crippen LogP contribution in [-0.4, -0.2) is 17.1 Å². The van der Waals surface area contributed by atoms with E-state index in [4.69, 9.17) is 9.15 Å². The molecule has 2 aromatic heterocycles. The molecule has 0 aliphatic rings. The van der Waals surface area contributed by atoms with Crippen LogP contribution < -0.4 is 10.1 Å². The average molecular weight is 334 g/mol. The summed E-state index contributed by atoms with van der Waals surface area (Å²) in [6, 6.07) is 9.50. The fraction of sp³-hybridized carbons (Fsp3) is 0.143. The van der Waals surface area contributed by atoms with Crippen molar-refractivity contribution in [2.75, 3.05) is 12.4 Å². The van der Waals surface area contributed by atoms with Gasteiger partial charge in [0, 0.05) is 5.39 Å². The number of halogens is 1. The molecule has 0 radical (unpaired) electrons. The molecule has 0 aliphatic heterocycles. The molecule has 0 saturated heterocycles. The highest BCUT2D eigenvalue weighted by Gasteiger charge is 2.10. The number of fused-ring (bicyclic) bond motifs is 1. The van der Waals surface area contributed by atoms with Crippen molar-refractivity contribution in [1.29, 1.82) is 0 Å². The SMILES string of the molecule is COc1cccc2c(NCc3ccco3)nc(Br)nc12. The smallest absolute Gasteiger partial charge is 0.199 e. The van der Waals surface area contributed by atoms with Gasteiger partial charge in [0.05, 0.1) is 19.9 Å². The Balaban J connectivity index is 2.01. The second kappa shape index (κ2) is 5.50. The van der Waals surface area contributed by atoms with Crippen molar-refractivity contribution in [3.05, 3.63) is 47.1 Å². The van der Waals surface area contributed by atoms with Gasteiger partial charge in [0.1, 0.15) is 22.8 Å². The van der Waals surface area contributed by atoms with E-state index in [9.17, 15) is 0 Å². The number of nitrogens with one attached hydrogen (secondary N) is 1. The van der Waals surface area contributed by atoms with Crippen LogP contribution in [0, 0.1) is 0 Å². The zero-order chi connectivity index (χ0) is 13.9. The van der Waals surface area contributed by atoms with E-state index < -0.39 is 0 Å². The van der Waals surface area contributed by atoms with Crippen LogP contribution in [-0.2, 0) is 6.54 Å². The summed E-state index contributed by atoms with van der Waals surface area (Å²) in [5.41, 5.74) is 0.763. The summed E-state index contributed by atoms with van der Waals surface area (Å²) in [5, 5.41) is 4.15. The number of nitrogens with zero attached hydrogens (tertiary/aromatic N) is 2. The molecule has 5 nitrogen and oxygen atoms in total. The lowest BCUT2D eigenvalue weighted by Crippen LogP contribution is -2.03. The van der Waals surface area contributed by atoms with Crippen LogP contribution in [0.5, 0.6) is 5.75 Å². The third kappa shape index (κ3) is 2.46. The van der Waals surface area contributed by atoms with Gasteiger partial charge >= 0.3 is 0 Å². The molecule has 3 rings (SSSR count). The Morgan fingerprint density at radius 1 is 1.25 bits per heavy atom. The monoisotopic (exact) mass is 333 g/mol. The van der Waals surface area contributed by atoms with Crippen LogP contribution in [0.15, 0.2) is 45.7 Å². The minimum absolute atomic E-state index is 0.511. The third-order valence-corrected chi connectivity index (χ3v) is 3.25. The maximum atomic E-state index is 5.33. The van der Waals surface area contributed by atoms with Crippen LogP contribution in [0.1, 0.15) is 5.76 Å². The predicted molar refractivity (Wildman–Crippen MR) is 79.8 cm³/mol. The number of para-hydroxylation sites is 1. The van der Waals surface area contributed by atoms with Crippen molar-refractivity contribution in [2.45, 2.75) is 6.54 Å². The van der Waals surface area contributed by atoms with E-state index in [1.165, 1.54) is 0 Å². The van der Waals surface area contributed by atoms with E-state index in [1.54, 1.807) is 13.4 Å². The van der Waals surface area contributed by atoms with Crippen LogP contribution in [0.3, 0.4) is 0 Å². The lowest BCUT2D eigenvalue weighted by Gasteiger charge is -2.10. The van der Waals surface area contributed by atoms with Crippen LogP contribution in [0.2, 0.25) is 0 Å². The Labute approximate surface area is 124 Å². The fourth-order valence-corrected chi connectivity index (χ4v) is 2.34. The highest BCUT2D eigenvalue weighted by atomic mass is 79.9. The van der Waals surface area contributed by atoms with E-state index in [1.807, 2.05) is 30.3 Å². The number of ether oxygens (including phenoxy) is 1. The lowest BCUT2D eigenvalue weighted by atomic mass is 10.2. The standard InChI is InChI=1S/C14H12BrN3O2/c1-19-11-6-2-5-10-12(11)17-14(15)18-13(10)16-8-9-4-3-7-20-9/h2-7H,8H2,1H3,(H,16,17,18). The van der Waals surface area contributed by atoms with Crippen molar-refractivity contribution in [2.24, 2.45) is 0 Å². The maximum Gasteiger partial charge on any atom is 0.199 e. The number of aromatic nitrogens is 2. The van der Waals surface area contributed by atoms with Crippen LogP contribution >= 0.6 is 15.9 Å². The first-order chi connectivity index (χ1) is 9.78. The van der Waals surface area contributed by atoms with Crippen LogP contribution in [0.25, 0.3) is 10.9 Å². The van der Waals surface area contributed by atoms with Gasteiger partial charge in [-0.1, -0.05) is 6.07 Å². The first-order valence-corrected chi connectivity index (χ1v) is 6.84. The Hall–Kier alpha value is -2.08. The molecule has 0 bridgehead atoms. The number of furan rings is 1. The number of hydrogen-bond acceptors (Lipinski definition) is 5. The summed E-state index contributed by atoms with van der Waals surface area (Å²) >= 11 is 3.32. The number of rotatable bonds is 4. The average Bonchev–Trinajstić information content (AvgIpc) is 2.97. The molecular formula is C14H12BrN3O2. The van der Waals surface area contributed by atoms with Crippen molar-refractivity contribution in [3.63, 3.8) is 0 Å². The number of benzene rings is 1. The van der Waals surface area contributed by atoms with Gasteiger partial charge in [-0.2, -0.15) is 0 Å². The molecule has 0 amide bonds. The Morgan fingerprint density at radius 2 is 2.15 bits per heavy atom. The summed E-state index contributed by atoms with van der Waals surface area (Å²) in [7, 11) is 1.63. The topological polar surface area (TPSA) is 60.2 Å². The first kappa shape index (κ1) is 12.9. The van der Waals surface area contributed by atoms with Crippen molar-refractivity contribution < 1.29 is 9.15 Å². The van der Waals surface area contributed by atoms with Crippen molar-refractivity contribution in [1.82, 2.24) is 9.97 Å². The summed E-state index contributed by atoms with van der Waals surface area (Å²) in [4.78, 5) is 8.74. The Morgan fingerprint density at radius 3 is 2.90 bits per heavy atom. The quantitative estimate of drug-likeness (QED) is 0.739. The second-order valence-electron chi connectivity index (χ2n) is 4.13. The van der Waals surface area contributed by atoms with Crippen molar-refractivity contribution >= 4 is 32.7 Å². The Kier molecular flexibility index (Phi) is 3.56. The molecule has 2 heterocycles. The van der Waals surface area contributed by atoms with Gasteiger partial charge in [0.2, 0.25) is 0 Å². The van der Waals surface area contributed by atoms with Gasteiger partial charge in [-0.3, -0.25) is 0 Å². The minimum Gasteiger partial charge on any atom is -0.494 e. The second-order valence-corrected chi connectivity index (χ2v) is 4.84. The van der Waals surface area contributed by atoms with Gasteiger partial charge in [-0.05, 0) is 40.2 Å². The molecule has 0 aliphatic carbocycles. The van der Waals surface area contributed by atoms with Gasteiger partial charge < -0.3 is 14.5 Å². The zero-order valence-electron chi connectivity index (χ0n) is 10.8.